The Morgan fingerprint density at radius 3 is 2.02 bits per heavy atom. The van der Waals surface area contributed by atoms with Crippen LogP contribution in [0.2, 0.25) is 0 Å². The number of imide groups is 1. The minimum atomic E-state index is -0.906. The Hall–Kier alpha value is -5.27. The van der Waals surface area contributed by atoms with E-state index in [1.54, 1.807) is 26.2 Å². The van der Waals surface area contributed by atoms with Gasteiger partial charge < -0.3 is 29.9 Å². The number of likely N-dealkylation sites (tertiary alicyclic amines) is 2. The van der Waals surface area contributed by atoms with Crippen molar-refractivity contribution in [2.45, 2.75) is 247 Å². The number of likely N-dealkylation sites (N-methyl/N-ethyl adjacent to an activating group) is 2. The van der Waals surface area contributed by atoms with Crippen molar-refractivity contribution in [2.75, 3.05) is 54.5 Å². The molecule has 19 nitrogen and oxygen atoms in total. The molecule has 0 spiro atoms. The molecule has 2 saturated carbocycles. The molecular formula is C70H116N8O11. The predicted octanol–water partition coefficient (Wildman–Crippen LogP) is 9.16. The van der Waals surface area contributed by atoms with Crippen molar-refractivity contribution in [3.8, 4) is 0 Å². The van der Waals surface area contributed by atoms with E-state index in [1.807, 2.05) is 104 Å². The van der Waals surface area contributed by atoms with Crippen molar-refractivity contribution < 1.29 is 52.6 Å². The van der Waals surface area contributed by atoms with Crippen LogP contribution >= 0.6 is 0 Å². The summed E-state index contributed by atoms with van der Waals surface area (Å²) >= 11 is 0. The monoisotopic (exact) mass is 1240 g/mol. The number of hydrogen-bond donors (Lipinski definition) is 4. The van der Waals surface area contributed by atoms with Gasteiger partial charge in [-0.3, -0.25) is 63.8 Å². The molecule has 4 aliphatic rings. The number of ketones is 1. The average Bonchev–Trinajstić information content (AvgIpc) is 1.48. The molecule has 8 amide bonds. The van der Waals surface area contributed by atoms with Crippen molar-refractivity contribution >= 4 is 53.0 Å². The van der Waals surface area contributed by atoms with Crippen LogP contribution in [0.3, 0.4) is 0 Å². The SMILES string of the molecule is CCCCC(C)CNC(=O)[C@]1(CCCC(=O)[C@H](C)[C@@H](OC)[C@@H]2CCCN2C(=O)C[C@@H](OC)[C@H]([C@@H](C)CC)N(C)C(=O)[C@@H](NC(=O)[C@H](C(C)C)N(C)CCCC(=O)NNC(=O)CCCCCN2C(=O)C3C(C)(CC)C3(CC)C2=O)C(C)C)C[C@@H]1c1ccccc1. The summed E-state index contributed by atoms with van der Waals surface area (Å²) in [5.74, 6) is -2.30. The molecule has 0 radical (unpaired) electrons. The number of hydrogen-bond acceptors (Lipinski definition) is 12. The quantitative estimate of drug-likeness (QED) is 0.0274. The van der Waals surface area contributed by atoms with E-state index in [0.29, 0.717) is 96.3 Å². The van der Waals surface area contributed by atoms with Crippen LogP contribution in [0, 0.1) is 51.8 Å². The van der Waals surface area contributed by atoms with Gasteiger partial charge in [-0.05, 0) is 125 Å². The number of carbonyl (C=O) groups is 9. The Kier molecular flexibility index (Phi) is 28.3. The summed E-state index contributed by atoms with van der Waals surface area (Å²) in [4.78, 5) is 131. The summed E-state index contributed by atoms with van der Waals surface area (Å²) < 4.78 is 12.3. The van der Waals surface area contributed by atoms with Crippen LogP contribution in [0.5, 0.6) is 0 Å². The highest BCUT2D eigenvalue weighted by molar-refractivity contribution is 6.13. The van der Waals surface area contributed by atoms with Gasteiger partial charge in [0.1, 0.15) is 11.8 Å². The number of nitrogens with zero attached hydrogens (tertiary/aromatic N) is 4. The zero-order valence-electron chi connectivity index (χ0n) is 57.4. The van der Waals surface area contributed by atoms with Crippen molar-refractivity contribution in [1.82, 2.24) is 41.1 Å². The highest BCUT2D eigenvalue weighted by Crippen LogP contribution is 2.76. The Bertz CT molecular complexity index is 2550. The molecule has 5 rings (SSSR count). The number of amides is 8. The minimum Gasteiger partial charge on any atom is -0.379 e. The molecule has 2 heterocycles. The molecule has 2 aliphatic carbocycles. The lowest BCUT2D eigenvalue weighted by Gasteiger charge is -2.41. The van der Waals surface area contributed by atoms with E-state index >= 15 is 0 Å². The molecule has 1 aromatic carbocycles. The molecule has 0 aromatic heterocycles. The highest BCUT2D eigenvalue weighted by atomic mass is 16.5. The molecular weight excluding hydrogens is 1130 g/mol. The number of hydrazine groups is 1. The van der Waals surface area contributed by atoms with Crippen LogP contribution in [-0.4, -0.2) is 164 Å². The van der Waals surface area contributed by atoms with Crippen LogP contribution in [0.15, 0.2) is 30.3 Å². The average molecular weight is 1250 g/mol. The lowest BCUT2D eigenvalue weighted by Crippen LogP contribution is -2.60. The van der Waals surface area contributed by atoms with E-state index in [2.05, 4.69) is 47.5 Å². The van der Waals surface area contributed by atoms with Crippen LogP contribution in [0.4, 0.5) is 0 Å². The maximum atomic E-state index is 14.8. The molecule has 502 valence electrons. The Morgan fingerprint density at radius 2 is 1.45 bits per heavy atom. The second-order valence-corrected chi connectivity index (χ2v) is 27.9. The highest BCUT2D eigenvalue weighted by Gasteiger charge is 2.83. The molecule has 4 unspecified atom stereocenters. The number of Topliss-reactive ketones (excluding diaryl/α,β-unsaturated/α-hetero) is 1. The Balaban J connectivity index is 1.10. The first-order valence-electron chi connectivity index (χ1n) is 34.1. The number of unbranched alkanes of at least 4 members (excludes halogenated alkanes) is 3. The number of nitrogens with one attached hydrogen (secondary N) is 4. The maximum absolute atomic E-state index is 14.8. The number of carbonyl (C=O) groups excluding carboxylic acids is 9. The minimum absolute atomic E-state index is 0.0143. The fraction of sp³-hybridized carbons (Fsp3) is 0.786. The maximum Gasteiger partial charge on any atom is 0.245 e. The molecule has 89 heavy (non-hydrogen) atoms. The van der Waals surface area contributed by atoms with Gasteiger partial charge in [0.25, 0.3) is 0 Å². The van der Waals surface area contributed by atoms with E-state index in [0.717, 1.165) is 44.1 Å². The molecule has 4 N–H and O–H groups in total. The number of piperidine rings is 1. The van der Waals surface area contributed by atoms with Crippen molar-refractivity contribution in [3.63, 3.8) is 0 Å². The second-order valence-electron chi connectivity index (χ2n) is 27.9. The number of fused-ring (bicyclic) bond motifs is 1. The topological polar surface area (TPSA) is 233 Å². The third-order valence-corrected chi connectivity index (χ3v) is 21.4. The molecule has 1 aromatic rings. The van der Waals surface area contributed by atoms with E-state index in [-0.39, 0.29) is 113 Å². The van der Waals surface area contributed by atoms with Gasteiger partial charge in [0.05, 0.1) is 53.5 Å². The third kappa shape index (κ3) is 17.5. The van der Waals surface area contributed by atoms with Gasteiger partial charge in [0.15, 0.2) is 0 Å². The van der Waals surface area contributed by atoms with E-state index < -0.39 is 47.1 Å². The summed E-state index contributed by atoms with van der Waals surface area (Å²) in [6.45, 7) is 25.9. The largest absolute Gasteiger partial charge is 0.379 e. The smallest absolute Gasteiger partial charge is 0.245 e. The lowest BCUT2D eigenvalue weighted by molar-refractivity contribution is -0.148. The zero-order valence-corrected chi connectivity index (χ0v) is 57.4. The number of rotatable bonds is 40. The second kappa shape index (κ2) is 33.9. The summed E-state index contributed by atoms with van der Waals surface area (Å²) in [6, 6.07) is 7.77. The molecule has 2 aliphatic heterocycles. The number of ether oxygens (including phenoxy) is 2. The summed E-state index contributed by atoms with van der Waals surface area (Å²) in [5, 5.41) is 6.37. The molecule has 0 bridgehead atoms. The third-order valence-electron chi connectivity index (χ3n) is 21.4. The van der Waals surface area contributed by atoms with Crippen molar-refractivity contribution in [3.05, 3.63) is 35.9 Å². The van der Waals surface area contributed by atoms with Crippen molar-refractivity contribution in [2.24, 2.45) is 51.8 Å². The summed E-state index contributed by atoms with van der Waals surface area (Å²) in [6.07, 6.45) is 10.3. The summed E-state index contributed by atoms with van der Waals surface area (Å²) in [7, 11) is 6.69. The van der Waals surface area contributed by atoms with Crippen LogP contribution in [0.1, 0.15) is 217 Å². The van der Waals surface area contributed by atoms with Gasteiger partial charge in [-0.15, -0.1) is 0 Å². The zero-order chi connectivity index (χ0) is 66.1. The van der Waals surface area contributed by atoms with Gasteiger partial charge in [-0.1, -0.05) is 139 Å². The van der Waals surface area contributed by atoms with Gasteiger partial charge in [-0.25, -0.2) is 0 Å². The number of benzene rings is 1. The van der Waals surface area contributed by atoms with Gasteiger partial charge >= 0.3 is 0 Å². The standard InChI is InChI=1S/C70H116N8O11/c1-17-21-31-47(9)44-71-66(86)69(43-51(69)50-32-24-22-25-33-50)38-28-35-53(79)49(11)61(89-16)52-34-29-41-77(52)57(82)42-54(88-15)60(48(10)18-2)76(14)64(84)58(45(5)6)72-63(83)59(46(7)8)75(13)39-30-37-56(81)74-73-55(80)36-26-23-27-40-78-65(85)62-68(12,19-3)70(62,20-4)67(78)87/h22,24-25,32-33,45-49,51-52,54,58-62H,17-21,23,26-31,34-44H2,1-16H3,(H,71,86)(H,72,83)(H,73,80)(H,74,81)/t47?,48-,49-,51+,52-,54+,58-,59-,60-,61+,62?,68?,69+,70?/m0/s1. The Labute approximate surface area is 534 Å². The van der Waals surface area contributed by atoms with Gasteiger partial charge in [0, 0.05) is 66.1 Å². The van der Waals surface area contributed by atoms with Crippen LogP contribution in [0.25, 0.3) is 0 Å². The first kappa shape index (κ1) is 74.5. The van der Waals surface area contributed by atoms with Gasteiger partial charge in [-0.2, -0.15) is 0 Å². The van der Waals surface area contributed by atoms with E-state index in [1.165, 1.54) is 4.90 Å². The predicted molar refractivity (Wildman–Crippen MR) is 346 cm³/mol. The molecule has 14 atom stereocenters. The normalized spacial score (nSPS) is 24.8. The fourth-order valence-electron chi connectivity index (χ4n) is 15.5. The number of methoxy groups -OCH3 is 2. The summed E-state index contributed by atoms with van der Waals surface area (Å²) in [5.41, 5.74) is 4.76. The fourth-order valence-corrected chi connectivity index (χ4v) is 15.5. The molecule has 19 heteroatoms. The van der Waals surface area contributed by atoms with E-state index in [9.17, 15) is 43.2 Å². The molecule has 2 saturated heterocycles. The first-order chi connectivity index (χ1) is 42.2. The van der Waals surface area contributed by atoms with E-state index in [4.69, 9.17) is 9.47 Å². The van der Waals surface area contributed by atoms with Crippen molar-refractivity contribution in [1.29, 1.82) is 0 Å². The van der Waals surface area contributed by atoms with Crippen LogP contribution in [-0.2, 0) is 52.6 Å². The van der Waals surface area contributed by atoms with Gasteiger partial charge in [0.2, 0.25) is 47.3 Å². The Morgan fingerprint density at radius 1 is 0.787 bits per heavy atom. The van der Waals surface area contributed by atoms with Crippen LogP contribution < -0.4 is 21.5 Å². The lowest BCUT2D eigenvalue weighted by atomic mass is 9.87. The molecule has 4 fully saturated rings. The first-order valence-corrected chi connectivity index (χ1v) is 34.1.